The van der Waals surface area contributed by atoms with E-state index >= 15 is 0 Å². The SMILES string of the molecule is CN(CC1CCCC1O)C(=O)NC1CCCc2ccc(F)cc21. The topological polar surface area (TPSA) is 52.6 Å². The molecule has 1 fully saturated rings. The highest BCUT2D eigenvalue weighted by Gasteiger charge is 2.29. The van der Waals surface area contributed by atoms with E-state index in [4.69, 9.17) is 0 Å². The fraction of sp³-hybridized carbons (Fsp3) is 0.611. The van der Waals surface area contributed by atoms with Crippen LogP contribution in [-0.2, 0) is 6.42 Å². The highest BCUT2D eigenvalue weighted by atomic mass is 19.1. The number of carbonyl (C=O) groups is 1. The maximum atomic E-state index is 13.5. The van der Waals surface area contributed by atoms with Gasteiger partial charge in [0.05, 0.1) is 12.1 Å². The second-order valence-corrected chi connectivity index (χ2v) is 6.88. The molecule has 2 aliphatic carbocycles. The Morgan fingerprint density at radius 2 is 2.17 bits per heavy atom. The van der Waals surface area contributed by atoms with Gasteiger partial charge in [-0.05, 0) is 55.4 Å². The number of hydrogen-bond acceptors (Lipinski definition) is 2. The van der Waals surface area contributed by atoms with Gasteiger partial charge in [0.1, 0.15) is 5.82 Å². The molecule has 0 spiro atoms. The van der Waals surface area contributed by atoms with Crippen molar-refractivity contribution < 1.29 is 14.3 Å². The van der Waals surface area contributed by atoms with Crippen molar-refractivity contribution >= 4 is 6.03 Å². The number of benzene rings is 1. The lowest BCUT2D eigenvalue weighted by Crippen LogP contribution is -2.43. The molecule has 0 heterocycles. The molecule has 0 bridgehead atoms. The van der Waals surface area contributed by atoms with E-state index in [0.29, 0.717) is 6.54 Å². The number of nitrogens with one attached hydrogen (secondary N) is 1. The Balaban J connectivity index is 1.63. The molecule has 126 valence electrons. The molecule has 1 aromatic carbocycles. The second kappa shape index (κ2) is 6.87. The Morgan fingerprint density at radius 3 is 2.91 bits per heavy atom. The normalized spacial score (nSPS) is 26.7. The van der Waals surface area contributed by atoms with Gasteiger partial charge >= 0.3 is 6.03 Å². The minimum absolute atomic E-state index is 0.127. The van der Waals surface area contributed by atoms with Crippen molar-refractivity contribution in [3.05, 3.63) is 35.1 Å². The van der Waals surface area contributed by atoms with Crippen LogP contribution < -0.4 is 5.32 Å². The van der Waals surface area contributed by atoms with Crippen molar-refractivity contribution in [1.29, 1.82) is 0 Å². The zero-order valence-corrected chi connectivity index (χ0v) is 13.6. The molecule has 3 atom stereocenters. The predicted molar refractivity (Wildman–Crippen MR) is 86.6 cm³/mol. The number of urea groups is 1. The highest BCUT2D eigenvalue weighted by molar-refractivity contribution is 5.74. The van der Waals surface area contributed by atoms with Crippen LogP contribution in [0, 0.1) is 11.7 Å². The van der Waals surface area contributed by atoms with Crippen LogP contribution in [0.25, 0.3) is 0 Å². The fourth-order valence-corrected chi connectivity index (χ4v) is 3.84. The van der Waals surface area contributed by atoms with Crippen molar-refractivity contribution in [3.63, 3.8) is 0 Å². The molecule has 5 heteroatoms. The second-order valence-electron chi connectivity index (χ2n) is 6.88. The standard InChI is InChI=1S/C18H25FN2O2/c1-21(11-13-5-3-7-17(13)22)18(23)20-16-6-2-4-12-8-9-14(19)10-15(12)16/h8-10,13,16-17,22H,2-7,11H2,1H3,(H,20,23). The average Bonchev–Trinajstić information content (AvgIpc) is 2.93. The lowest BCUT2D eigenvalue weighted by atomic mass is 9.87. The van der Waals surface area contributed by atoms with Gasteiger partial charge in [0, 0.05) is 19.5 Å². The van der Waals surface area contributed by atoms with E-state index in [1.54, 1.807) is 18.0 Å². The lowest BCUT2D eigenvalue weighted by Gasteiger charge is -2.30. The molecule has 23 heavy (non-hydrogen) atoms. The van der Waals surface area contributed by atoms with Gasteiger partial charge in [-0.2, -0.15) is 0 Å². The van der Waals surface area contributed by atoms with Crippen LogP contribution in [0.1, 0.15) is 49.3 Å². The first-order valence-electron chi connectivity index (χ1n) is 8.52. The number of amides is 2. The molecule has 0 radical (unpaired) electrons. The molecular formula is C18H25FN2O2. The van der Waals surface area contributed by atoms with Crippen LogP contribution in [0.15, 0.2) is 18.2 Å². The first-order chi connectivity index (χ1) is 11.0. The van der Waals surface area contributed by atoms with Crippen LogP contribution in [0.4, 0.5) is 9.18 Å². The van der Waals surface area contributed by atoms with Crippen LogP contribution in [0.2, 0.25) is 0 Å². The van der Waals surface area contributed by atoms with Crippen molar-refractivity contribution in [2.24, 2.45) is 5.92 Å². The lowest BCUT2D eigenvalue weighted by molar-refractivity contribution is 0.113. The maximum Gasteiger partial charge on any atom is 0.317 e. The number of hydrogen-bond donors (Lipinski definition) is 2. The summed E-state index contributed by atoms with van der Waals surface area (Å²) in [4.78, 5) is 14.1. The van der Waals surface area contributed by atoms with Gasteiger partial charge in [-0.3, -0.25) is 0 Å². The third-order valence-corrected chi connectivity index (χ3v) is 5.19. The predicted octanol–water partition coefficient (Wildman–Crippen LogP) is 3.01. The molecule has 1 saturated carbocycles. The summed E-state index contributed by atoms with van der Waals surface area (Å²) in [6.07, 6.45) is 5.29. The third kappa shape index (κ3) is 3.66. The van der Waals surface area contributed by atoms with Crippen molar-refractivity contribution in [2.75, 3.05) is 13.6 Å². The Bertz CT molecular complexity index is 578. The first-order valence-corrected chi connectivity index (χ1v) is 8.52. The van der Waals surface area contributed by atoms with Gasteiger partial charge in [-0.15, -0.1) is 0 Å². The summed E-state index contributed by atoms with van der Waals surface area (Å²) in [5.41, 5.74) is 2.02. The molecule has 2 amide bonds. The highest BCUT2D eigenvalue weighted by Crippen LogP contribution is 2.31. The monoisotopic (exact) mass is 320 g/mol. The van der Waals surface area contributed by atoms with E-state index < -0.39 is 0 Å². The summed E-state index contributed by atoms with van der Waals surface area (Å²) in [5.74, 6) is -0.0887. The number of carbonyl (C=O) groups excluding carboxylic acids is 1. The Hall–Kier alpha value is -1.62. The van der Waals surface area contributed by atoms with Crippen LogP contribution in [-0.4, -0.2) is 35.7 Å². The summed E-state index contributed by atoms with van der Waals surface area (Å²) in [6.45, 7) is 0.565. The molecule has 2 N–H and O–H groups in total. The number of aryl methyl sites for hydroxylation is 1. The smallest absolute Gasteiger partial charge is 0.317 e. The van der Waals surface area contributed by atoms with Gasteiger partial charge in [0.25, 0.3) is 0 Å². The quantitative estimate of drug-likeness (QED) is 0.899. The zero-order valence-electron chi connectivity index (χ0n) is 13.6. The summed E-state index contributed by atoms with van der Waals surface area (Å²) in [7, 11) is 1.76. The molecule has 4 nitrogen and oxygen atoms in total. The number of nitrogens with zero attached hydrogens (tertiary/aromatic N) is 1. The van der Waals surface area contributed by atoms with Gasteiger partial charge in [-0.25, -0.2) is 9.18 Å². The Labute approximate surface area is 136 Å². The van der Waals surface area contributed by atoms with Crippen molar-refractivity contribution in [3.8, 4) is 0 Å². The number of aliphatic hydroxyl groups excluding tert-OH is 1. The zero-order chi connectivity index (χ0) is 16.4. The molecule has 3 rings (SSSR count). The molecule has 3 unspecified atom stereocenters. The molecule has 0 saturated heterocycles. The summed E-state index contributed by atoms with van der Waals surface area (Å²) >= 11 is 0. The maximum absolute atomic E-state index is 13.5. The van der Waals surface area contributed by atoms with Gasteiger partial charge < -0.3 is 15.3 Å². The number of halogens is 1. The van der Waals surface area contributed by atoms with E-state index in [9.17, 15) is 14.3 Å². The van der Waals surface area contributed by atoms with Crippen LogP contribution >= 0.6 is 0 Å². The molecular weight excluding hydrogens is 295 g/mol. The van der Waals surface area contributed by atoms with Crippen LogP contribution in [0.5, 0.6) is 0 Å². The van der Waals surface area contributed by atoms with Gasteiger partial charge in [-0.1, -0.05) is 12.5 Å². The summed E-state index contributed by atoms with van der Waals surface area (Å²) in [5, 5.41) is 12.9. The summed E-state index contributed by atoms with van der Waals surface area (Å²) in [6, 6.07) is 4.57. The van der Waals surface area contributed by atoms with E-state index in [1.807, 2.05) is 6.07 Å². The molecule has 0 aromatic heterocycles. The molecule has 0 aliphatic heterocycles. The number of rotatable bonds is 3. The van der Waals surface area contributed by atoms with Crippen molar-refractivity contribution in [1.82, 2.24) is 10.2 Å². The Morgan fingerprint density at radius 1 is 1.35 bits per heavy atom. The first kappa shape index (κ1) is 16.2. The minimum Gasteiger partial charge on any atom is -0.393 e. The van der Waals surface area contributed by atoms with Crippen molar-refractivity contribution in [2.45, 2.75) is 50.7 Å². The number of fused-ring (bicyclic) bond motifs is 1. The molecule has 2 aliphatic rings. The minimum atomic E-state index is -0.297. The third-order valence-electron chi connectivity index (χ3n) is 5.19. The summed E-state index contributed by atoms with van der Waals surface area (Å²) < 4.78 is 13.5. The average molecular weight is 320 g/mol. The largest absolute Gasteiger partial charge is 0.393 e. The Kier molecular flexibility index (Phi) is 4.85. The fourth-order valence-electron chi connectivity index (χ4n) is 3.84. The number of aliphatic hydroxyl groups is 1. The van der Waals surface area contributed by atoms with Gasteiger partial charge in [0.15, 0.2) is 0 Å². The van der Waals surface area contributed by atoms with Crippen LogP contribution in [0.3, 0.4) is 0 Å². The van der Waals surface area contributed by atoms with Gasteiger partial charge in [0.2, 0.25) is 0 Å². The molecule has 1 aromatic rings. The van der Waals surface area contributed by atoms with E-state index in [0.717, 1.165) is 49.7 Å². The van der Waals surface area contributed by atoms with E-state index in [2.05, 4.69) is 5.32 Å². The van der Waals surface area contributed by atoms with E-state index in [-0.39, 0.29) is 29.9 Å². The van der Waals surface area contributed by atoms with E-state index in [1.165, 1.54) is 6.07 Å².